The van der Waals surface area contributed by atoms with Crippen LogP contribution in [0.3, 0.4) is 0 Å². The molecule has 1 atom stereocenters. The van der Waals surface area contributed by atoms with Gasteiger partial charge in [0.15, 0.2) is 5.69 Å². The van der Waals surface area contributed by atoms with E-state index in [1.165, 1.54) is 12.3 Å². The van der Waals surface area contributed by atoms with Crippen molar-refractivity contribution in [3.05, 3.63) is 58.4 Å². The highest BCUT2D eigenvalue weighted by Crippen LogP contribution is 2.35. The second-order valence-corrected chi connectivity index (χ2v) is 9.75. The monoisotopic (exact) mass is 563 g/mol. The number of carbonyl (C=O) groups is 1. The van der Waals surface area contributed by atoms with Crippen molar-refractivity contribution in [1.82, 2.24) is 29.4 Å². The summed E-state index contributed by atoms with van der Waals surface area (Å²) in [6.45, 7) is 0.155. The predicted octanol–water partition coefficient (Wildman–Crippen LogP) is 3.54. The largest absolute Gasteiger partial charge is 0.435 e. The van der Waals surface area contributed by atoms with Crippen molar-refractivity contribution < 1.29 is 26.7 Å². The molecular weight excluding hydrogens is 537 g/mol. The second kappa shape index (κ2) is 10.8. The van der Waals surface area contributed by atoms with Crippen LogP contribution in [0, 0.1) is 0 Å². The van der Waals surface area contributed by atoms with E-state index in [1.54, 1.807) is 30.7 Å². The Morgan fingerprint density at radius 3 is 2.47 bits per heavy atom. The van der Waals surface area contributed by atoms with Crippen molar-refractivity contribution in [1.29, 1.82) is 0 Å². The first-order chi connectivity index (χ1) is 17.2. The molecule has 1 fully saturated rings. The maximum absolute atomic E-state index is 13.5. The van der Waals surface area contributed by atoms with E-state index in [4.69, 9.17) is 5.73 Å². The molecule has 4 rings (SSSR count). The van der Waals surface area contributed by atoms with Gasteiger partial charge in [0.05, 0.1) is 30.0 Å². The third kappa shape index (κ3) is 6.78. The van der Waals surface area contributed by atoms with Crippen LogP contribution in [0.25, 0.3) is 11.3 Å². The molecule has 15 heteroatoms. The first-order valence-corrected chi connectivity index (χ1v) is 11.5. The molecule has 9 nitrogen and oxygen atoms in total. The average Bonchev–Trinajstić information content (AvgIpc) is 3.35. The minimum absolute atomic E-state index is 0. The van der Waals surface area contributed by atoms with Crippen molar-refractivity contribution in [3.8, 4) is 11.3 Å². The Labute approximate surface area is 220 Å². The Kier molecular flexibility index (Phi) is 8.36. The van der Waals surface area contributed by atoms with Gasteiger partial charge in [-0.3, -0.25) is 14.3 Å². The average molecular weight is 564 g/mol. The van der Waals surface area contributed by atoms with Crippen molar-refractivity contribution in [2.75, 3.05) is 0 Å². The number of nitrogens with two attached hydrogens (primary N) is 1. The number of nitrogens with one attached hydrogen (secondary N) is 1. The number of hydrogen-bond acceptors (Lipinski definition) is 5. The van der Waals surface area contributed by atoms with Crippen LogP contribution < -0.4 is 16.6 Å². The zero-order valence-corrected chi connectivity index (χ0v) is 21.3. The molecule has 208 valence electrons. The first-order valence-electron chi connectivity index (χ1n) is 11.5. The summed E-state index contributed by atoms with van der Waals surface area (Å²) in [5.41, 5.74) is 4.01. The summed E-state index contributed by atoms with van der Waals surface area (Å²) in [6.07, 6.45) is 0.769. The molecule has 1 aliphatic rings. The summed E-state index contributed by atoms with van der Waals surface area (Å²) in [5.74, 6) is -0.633. The van der Waals surface area contributed by atoms with Crippen molar-refractivity contribution in [2.24, 2.45) is 5.73 Å². The van der Waals surface area contributed by atoms with Gasteiger partial charge in [0.25, 0.3) is 5.56 Å². The summed E-state index contributed by atoms with van der Waals surface area (Å²) in [7, 11) is 0. The fraction of sp³-hybridized carbons (Fsp3) is 0.478. The first kappa shape index (κ1) is 29.3. The summed E-state index contributed by atoms with van der Waals surface area (Å²) in [5, 5.41) is 9.87. The van der Waals surface area contributed by atoms with Crippen LogP contribution in [0.4, 0.5) is 22.0 Å². The molecule has 3 aromatic rings. The molecule has 0 aliphatic heterocycles. The molecule has 1 aliphatic carbocycles. The third-order valence-electron chi connectivity index (χ3n) is 5.91. The lowest BCUT2D eigenvalue weighted by Gasteiger charge is -2.28. The van der Waals surface area contributed by atoms with Gasteiger partial charge in [-0.15, -0.1) is 12.4 Å². The number of nitrogens with zero attached hydrogens (tertiary/aromatic N) is 5. The van der Waals surface area contributed by atoms with Gasteiger partial charge >= 0.3 is 12.7 Å². The Hall–Kier alpha value is -3.26. The number of alkyl halides is 5. The molecular formula is C23H27ClF5N7O2. The molecule has 1 amide bonds. The van der Waals surface area contributed by atoms with Gasteiger partial charge in [0, 0.05) is 30.1 Å². The minimum atomic E-state index is -4.72. The topological polar surface area (TPSA) is 113 Å². The van der Waals surface area contributed by atoms with Crippen molar-refractivity contribution in [3.63, 3.8) is 0 Å². The second-order valence-electron chi connectivity index (χ2n) is 9.75. The van der Waals surface area contributed by atoms with E-state index in [-0.39, 0.29) is 48.2 Å². The van der Waals surface area contributed by atoms with Crippen molar-refractivity contribution >= 4 is 18.3 Å². The molecule has 38 heavy (non-hydrogen) atoms. The molecule has 0 bridgehead atoms. The number of aromatic nitrogens is 5. The highest BCUT2D eigenvalue weighted by atomic mass is 35.5. The van der Waals surface area contributed by atoms with Gasteiger partial charge in [-0.05, 0) is 50.8 Å². The van der Waals surface area contributed by atoms with Gasteiger partial charge in [0.1, 0.15) is 0 Å². The number of rotatable bonds is 9. The Morgan fingerprint density at radius 1 is 1.24 bits per heavy atom. The molecule has 3 aromatic heterocycles. The van der Waals surface area contributed by atoms with E-state index < -0.39 is 35.9 Å². The third-order valence-corrected chi connectivity index (χ3v) is 5.91. The zero-order valence-electron chi connectivity index (χ0n) is 20.5. The molecule has 3 N–H and O–H groups in total. The van der Waals surface area contributed by atoms with E-state index in [2.05, 4.69) is 15.5 Å². The minimum Gasteiger partial charge on any atom is -0.348 e. The summed E-state index contributed by atoms with van der Waals surface area (Å²) < 4.78 is 68.9. The maximum Gasteiger partial charge on any atom is 0.435 e. The van der Waals surface area contributed by atoms with Crippen LogP contribution in [0.2, 0.25) is 0 Å². The van der Waals surface area contributed by atoms with Gasteiger partial charge < -0.3 is 15.6 Å². The quantitative estimate of drug-likeness (QED) is 0.387. The molecule has 0 radical (unpaired) electrons. The molecule has 0 unspecified atom stereocenters. The summed E-state index contributed by atoms with van der Waals surface area (Å²) in [4.78, 5) is 25.2. The van der Waals surface area contributed by atoms with Crippen LogP contribution in [-0.4, -0.2) is 41.6 Å². The zero-order chi connectivity index (χ0) is 27.1. The summed E-state index contributed by atoms with van der Waals surface area (Å²) in [6, 6.07) is 2.69. The Bertz CT molecular complexity index is 1340. The van der Waals surface area contributed by atoms with Gasteiger partial charge in [-0.25, -0.2) is 4.68 Å². The van der Waals surface area contributed by atoms with Crippen molar-refractivity contribution in [2.45, 2.75) is 70.0 Å². The number of hydrogen-bond donors (Lipinski definition) is 2. The van der Waals surface area contributed by atoms with E-state index >= 15 is 0 Å². The predicted molar refractivity (Wildman–Crippen MR) is 130 cm³/mol. The molecule has 3 heterocycles. The fourth-order valence-electron chi connectivity index (χ4n) is 3.99. The Morgan fingerprint density at radius 2 is 1.92 bits per heavy atom. The lowest BCUT2D eigenvalue weighted by molar-refractivity contribution is -0.141. The highest BCUT2D eigenvalue weighted by Gasteiger charge is 2.36. The van der Waals surface area contributed by atoms with E-state index in [0.29, 0.717) is 10.2 Å². The van der Waals surface area contributed by atoms with E-state index in [1.807, 2.05) is 0 Å². The fourth-order valence-corrected chi connectivity index (χ4v) is 3.99. The highest BCUT2D eigenvalue weighted by molar-refractivity contribution is 5.85. The lowest BCUT2D eigenvalue weighted by Crippen LogP contribution is -2.53. The molecule has 0 aromatic carbocycles. The van der Waals surface area contributed by atoms with Gasteiger partial charge in [0.2, 0.25) is 5.91 Å². The molecule has 0 saturated heterocycles. The van der Waals surface area contributed by atoms with E-state index in [0.717, 1.165) is 29.8 Å². The number of pyridine rings is 1. The standard InChI is InChI=1S/C23H26F5N7O2.ClH/c1-22(2,31-20(37)16(29)7-13-10-30-34(11-13)21(24)25)12-35-17(9-18(32-35)23(26,27)28)14-5-6-33(15-3-4-15)19(36)8-14;/h5-6,8-11,15-16,21H,3-4,7,12,29H2,1-2H3,(H,31,37);1H/t16-;/m1./s1. The summed E-state index contributed by atoms with van der Waals surface area (Å²) >= 11 is 0. The van der Waals surface area contributed by atoms with Crippen LogP contribution in [0.1, 0.15) is 50.5 Å². The number of amides is 1. The Balaban J connectivity index is 0.00000400. The lowest BCUT2D eigenvalue weighted by atomic mass is 10.0. The van der Waals surface area contributed by atoms with Crippen LogP contribution in [0.15, 0.2) is 41.6 Å². The SMILES string of the molecule is CC(C)(Cn1nc(C(F)(F)F)cc1-c1ccn(C2CC2)c(=O)c1)NC(=O)[C@H](N)Cc1cnn(C(F)F)c1.Cl. The number of halogens is 6. The van der Waals surface area contributed by atoms with Crippen LogP contribution in [-0.2, 0) is 23.9 Å². The van der Waals surface area contributed by atoms with Gasteiger partial charge in [-0.2, -0.15) is 32.1 Å². The maximum atomic E-state index is 13.5. The number of carbonyl (C=O) groups excluding carboxylic acids is 1. The van der Waals surface area contributed by atoms with Crippen LogP contribution >= 0.6 is 12.4 Å². The molecule has 1 saturated carbocycles. The molecule has 0 spiro atoms. The van der Waals surface area contributed by atoms with Crippen LogP contribution in [0.5, 0.6) is 0 Å². The van der Waals surface area contributed by atoms with Gasteiger partial charge in [-0.1, -0.05) is 0 Å². The smallest absolute Gasteiger partial charge is 0.348 e. The van der Waals surface area contributed by atoms with E-state index in [9.17, 15) is 31.5 Å². The normalized spacial score (nSPS) is 14.9.